The lowest BCUT2D eigenvalue weighted by molar-refractivity contribution is -0.116. The van der Waals surface area contributed by atoms with Gasteiger partial charge in [-0.1, -0.05) is 6.07 Å². The van der Waals surface area contributed by atoms with E-state index in [1.807, 2.05) is 56.5 Å². The SMILES string of the molecule is CSc1ccc(NC(=O)CCOc2cc(C)cc(C)c2)cc1. The zero-order valence-electron chi connectivity index (χ0n) is 13.2. The molecule has 3 nitrogen and oxygen atoms in total. The predicted octanol–water partition coefficient (Wildman–Crippen LogP) is 4.43. The van der Waals surface area contributed by atoms with Crippen LogP contribution in [0.15, 0.2) is 47.4 Å². The van der Waals surface area contributed by atoms with Gasteiger partial charge in [-0.3, -0.25) is 4.79 Å². The van der Waals surface area contributed by atoms with E-state index in [2.05, 4.69) is 11.4 Å². The molecule has 0 unspecified atom stereocenters. The monoisotopic (exact) mass is 315 g/mol. The molecule has 0 saturated heterocycles. The number of carbonyl (C=O) groups excluding carboxylic acids is 1. The number of benzene rings is 2. The maximum Gasteiger partial charge on any atom is 0.227 e. The second kappa shape index (κ2) is 7.90. The highest BCUT2D eigenvalue weighted by molar-refractivity contribution is 7.98. The van der Waals surface area contributed by atoms with Crippen molar-refractivity contribution in [1.29, 1.82) is 0 Å². The van der Waals surface area contributed by atoms with Gasteiger partial charge in [-0.05, 0) is 67.6 Å². The molecule has 0 radical (unpaired) electrons. The van der Waals surface area contributed by atoms with E-state index in [0.29, 0.717) is 13.0 Å². The fourth-order valence-corrected chi connectivity index (χ4v) is 2.58. The summed E-state index contributed by atoms with van der Waals surface area (Å²) in [5.74, 6) is 0.774. The topological polar surface area (TPSA) is 38.3 Å². The normalized spacial score (nSPS) is 10.3. The fourth-order valence-electron chi connectivity index (χ4n) is 2.18. The van der Waals surface area contributed by atoms with Gasteiger partial charge in [0.05, 0.1) is 13.0 Å². The van der Waals surface area contributed by atoms with Crippen molar-refractivity contribution in [1.82, 2.24) is 0 Å². The molecule has 2 aromatic carbocycles. The number of ether oxygens (including phenoxy) is 1. The number of hydrogen-bond donors (Lipinski definition) is 1. The standard InChI is InChI=1S/C18H21NO2S/c1-13-10-14(2)12-16(11-13)21-9-8-18(20)19-15-4-6-17(22-3)7-5-15/h4-7,10-12H,8-9H2,1-3H3,(H,19,20). The minimum atomic E-state index is -0.0405. The highest BCUT2D eigenvalue weighted by Crippen LogP contribution is 2.18. The van der Waals surface area contributed by atoms with E-state index in [1.54, 1.807) is 11.8 Å². The van der Waals surface area contributed by atoms with Gasteiger partial charge in [0, 0.05) is 10.6 Å². The van der Waals surface area contributed by atoms with E-state index in [4.69, 9.17) is 4.74 Å². The molecule has 0 aliphatic carbocycles. The largest absolute Gasteiger partial charge is 0.493 e. The molecular weight excluding hydrogens is 294 g/mol. The molecule has 116 valence electrons. The Morgan fingerprint density at radius 2 is 1.73 bits per heavy atom. The lowest BCUT2D eigenvalue weighted by Crippen LogP contribution is -2.15. The Labute approximate surface area is 136 Å². The number of hydrogen-bond acceptors (Lipinski definition) is 3. The number of aryl methyl sites for hydroxylation is 2. The highest BCUT2D eigenvalue weighted by Gasteiger charge is 2.04. The van der Waals surface area contributed by atoms with Crippen LogP contribution in [0.3, 0.4) is 0 Å². The number of thioether (sulfide) groups is 1. The van der Waals surface area contributed by atoms with E-state index in [1.165, 1.54) is 4.90 Å². The van der Waals surface area contributed by atoms with Crippen LogP contribution in [0, 0.1) is 13.8 Å². The molecule has 0 bridgehead atoms. The number of amides is 1. The van der Waals surface area contributed by atoms with Crippen LogP contribution < -0.4 is 10.1 Å². The Hall–Kier alpha value is -1.94. The molecule has 0 aromatic heterocycles. The van der Waals surface area contributed by atoms with Crippen molar-refractivity contribution >= 4 is 23.4 Å². The van der Waals surface area contributed by atoms with Gasteiger partial charge in [0.15, 0.2) is 0 Å². The Morgan fingerprint density at radius 3 is 2.32 bits per heavy atom. The molecule has 0 saturated carbocycles. The van der Waals surface area contributed by atoms with Crippen molar-refractivity contribution in [2.75, 3.05) is 18.2 Å². The van der Waals surface area contributed by atoms with E-state index >= 15 is 0 Å². The first-order valence-corrected chi connectivity index (χ1v) is 8.44. The Bertz CT molecular complexity index is 618. The lowest BCUT2D eigenvalue weighted by atomic mass is 10.1. The summed E-state index contributed by atoms with van der Waals surface area (Å²) < 4.78 is 5.65. The minimum Gasteiger partial charge on any atom is -0.493 e. The average Bonchev–Trinajstić information content (AvgIpc) is 2.47. The first-order valence-electron chi connectivity index (χ1n) is 7.22. The lowest BCUT2D eigenvalue weighted by Gasteiger charge is -2.09. The summed E-state index contributed by atoms with van der Waals surface area (Å²) in [4.78, 5) is 13.1. The van der Waals surface area contributed by atoms with Gasteiger partial charge in [-0.15, -0.1) is 11.8 Å². The number of nitrogens with one attached hydrogen (secondary N) is 1. The molecule has 2 rings (SSSR count). The van der Waals surface area contributed by atoms with Gasteiger partial charge in [-0.25, -0.2) is 0 Å². The zero-order valence-corrected chi connectivity index (χ0v) is 14.0. The van der Waals surface area contributed by atoms with Crippen LogP contribution in [-0.4, -0.2) is 18.8 Å². The summed E-state index contributed by atoms with van der Waals surface area (Å²) in [6.45, 7) is 4.44. The van der Waals surface area contributed by atoms with Crippen LogP contribution in [0.5, 0.6) is 5.75 Å². The molecule has 1 amide bonds. The maximum absolute atomic E-state index is 11.9. The molecule has 22 heavy (non-hydrogen) atoms. The van der Waals surface area contributed by atoms with Crippen LogP contribution in [0.4, 0.5) is 5.69 Å². The first-order chi connectivity index (χ1) is 10.6. The summed E-state index contributed by atoms with van der Waals surface area (Å²) in [5.41, 5.74) is 3.14. The molecule has 0 aliphatic heterocycles. The van der Waals surface area contributed by atoms with Crippen LogP contribution in [0.25, 0.3) is 0 Å². The van der Waals surface area contributed by atoms with Gasteiger partial charge < -0.3 is 10.1 Å². The van der Waals surface area contributed by atoms with Crippen molar-refractivity contribution in [2.24, 2.45) is 0 Å². The zero-order chi connectivity index (χ0) is 15.9. The van der Waals surface area contributed by atoms with Gasteiger partial charge in [-0.2, -0.15) is 0 Å². The fraction of sp³-hybridized carbons (Fsp3) is 0.278. The van der Waals surface area contributed by atoms with Crippen LogP contribution in [0.2, 0.25) is 0 Å². The number of carbonyl (C=O) groups is 1. The molecular formula is C18H21NO2S. The van der Waals surface area contributed by atoms with Crippen LogP contribution in [0.1, 0.15) is 17.5 Å². The third-order valence-corrected chi connectivity index (χ3v) is 3.91. The van der Waals surface area contributed by atoms with Gasteiger partial charge >= 0.3 is 0 Å². The molecule has 1 N–H and O–H groups in total. The molecule has 0 spiro atoms. The van der Waals surface area contributed by atoms with E-state index < -0.39 is 0 Å². The molecule has 4 heteroatoms. The summed E-state index contributed by atoms with van der Waals surface area (Å²) in [6.07, 6.45) is 2.36. The van der Waals surface area contributed by atoms with Gasteiger partial charge in [0.1, 0.15) is 5.75 Å². The van der Waals surface area contributed by atoms with Crippen molar-refractivity contribution in [3.63, 3.8) is 0 Å². The second-order valence-corrected chi connectivity index (χ2v) is 6.08. The third-order valence-electron chi connectivity index (χ3n) is 3.17. The first kappa shape index (κ1) is 16.4. The molecule has 0 aliphatic rings. The number of anilines is 1. The smallest absolute Gasteiger partial charge is 0.227 e. The van der Waals surface area contributed by atoms with E-state index in [-0.39, 0.29) is 5.91 Å². The van der Waals surface area contributed by atoms with Crippen molar-refractivity contribution in [2.45, 2.75) is 25.2 Å². The highest BCUT2D eigenvalue weighted by atomic mass is 32.2. The maximum atomic E-state index is 11.9. The van der Waals surface area contributed by atoms with E-state index in [9.17, 15) is 4.79 Å². The summed E-state index contributed by atoms with van der Waals surface area (Å²) in [6, 6.07) is 13.9. The minimum absolute atomic E-state index is 0.0405. The molecule has 0 atom stereocenters. The van der Waals surface area contributed by atoms with E-state index in [0.717, 1.165) is 22.6 Å². The van der Waals surface area contributed by atoms with Gasteiger partial charge in [0.2, 0.25) is 5.91 Å². The Kier molecular flexibility index (Phi) is 5.90. The number of rotatable bonds is 6. The van der Waals surface area contributed by atoms with Crippen molar-refractivity contribution in [3.05, 3.63) is 53.6 Å². The van der Waals surface area contributed by atoms with Gasteiger partial charge in [0.25, 0.3) is 0 Å². The quantitative estimate of drug-likeness (QED) is 0.801. The predicted molar refractivity (Wildman–Crippen MR) is 92.9 cm³/mol. The summed E-state index contributed by atoms with van der Waals surface area (Å²) in [5, 5.41) is 2.87. The molecule has 0 fully saturated rings. The van der Waals surface area contributed by atoms with Crippen molar-refractivity contribution < 1.29 is 9.53 Å². The third kappa shape index (κ3) is 5.11. The summed E-state index contributed by atoms with van der Waals surface area (Å²) >= 11 is 1.68. The second-order valence-electron chi connectivity index (χ2n) is 5.20. The Morgan fingerprint density at radius 1 is 1.09 bits per heavy atom. The Balaban J connectivity index is 1.79. The molecule has 2 aromatic rings. The van der Waals surface area contributed by atoms with Crippen LogP contribution in [-0.2, 0) is 4.79 Å². The summed E-state index contributed by atoms with van der Waals surface area (Å²) in [7, 11) is 0. The van der Waals surface area contributed by atoms with Crippen LogP contribution >= 0.6 is 11.8 Å². The van der Waals surface area contributed by atoms with Crippen molar-refractivity contribution in [3.8, 4) is 5.75 Å². The molecule has 0 heterocycles. The average molecular weight is 315 g/mol.